The quantitative estimate of drug-likeness (QED) is 0.654. The van der Waals surface area contributed by atoms with Crippen LogP contribution in [0.3, 0.4) is 0 Å². The number of alkyl halides is 1. The molecule has 10 heteroatoms. The summed E-state index contributed by atoms with van der Waals surface area (Å²) < 4.78 is 20.7. The van der Waals surface area contributed by atoms with E-state index in [4.69, 9.17) is 16.3 Å². The maximum absolute atomic E-state index is 13.9. The molecule has 1 N–H and O–H groups in total. The zero-order valence-corrected chi connectivity index (χ0v) is 15.8. The molecule has 0 radical (unpaired) electrons. The first-order valence-corrected chi connectivity index (χ1v) is 9.11. The molecule has 1 aromatic carbocycles. The van der Waals surface area contributed by atoms with Crippen molar-refractivity contribution in [1.29, 1.82) is 0 Å². The summed E-state index contributed by atoms with van der Waals surface area (Å²) in [5, 5.41) is 12.3. The number of halogens is 2. The smallest absolute Gasteiger partial charge is 0.298 e. The highest BCUT2D eigenvalue weighted by Gasteiger charge is 2.26. The van der Waals surface area contributed by atoms with Crippen LogP contribution < -0.4 is 10.1 Å². The summed E-state index contributed by atoms with van der Waals surface area (Å²) in [6.45, 7) is 1.47. The van der Waals surface area contributed by atoms with Gasteiger partial charge < -0.3 is 15.0 Å². The van der Waals surface area contributed by atoms with Gasteiger partial charge in [-0.15, -0.1) is 10.2 Å². The molecule has 3 aromatic rings. The minimum Gasteiger partial charge on any atom is -0.428 e. The minimum absolute atomic E-state index is 0.0935. The van der Waals surface area contributed by atoms with Crippen LogP contribution in [0.5, 0.6) is 5.75 Å². The molecular weight excluding hydrogens is 387 g/mol. The minimum atomic E-state index is -0.890. The van der Waals surface area contributed by atoms with Gasteiger partial charge in [0.25, 0.3) is 6.47 Å². The Hall–Kier alpha value is -2.78. The highest BCUT2D eigenvalue weighted by atomic mass is 35.5. The highest BCUT2D eigenvalue weighted by Crippen LogP contribution is 2.34. The number of imidazole rings is 1. The predicted molar refractivity (Wildman–Crippen MR) is 102 cm³/mol. The standard InChI is InChI=1S/C18H18ClFN6O2/c1-25-7-12(20)5-13(8-25)22-18-24-23-17(15-6-21-9-26(15)18)14-3-2-11(19)4-16(14)28-10-27/h2-4,6,9-10,12-13H,5,7-8H2,1H3,(H,22,24)/t12-,13-/m1/s1. The number of rotatable bonds is 5. The SMILES string of the molecule is CN1C[C@H](F)C[C@@H](Nc2nnc(-c3ccc(Cl)cc3OC=O)c3cncn23)C1. The molecule has 0 spiro atoms. The molecule has 1 saturated heterocycles. The van der Waals surface area contributed by atoms with E-state index in [2.05, 4.69) is 20.5 Å². The van der Waals surface area contributed by atoms with Gasteiger partial charge in [0.2, 0.25) is 5.95 Å². The molecular formula is C18H18ClFN6O2. The van der Waals surface area contributed by atoms with Gasteiger partial charge in [-0.2, -0.15) is 0 Å². The summed E-state index contributed by atoms with van der Waals surface area (Å²) in [4.78, 5) is 17.0. The van der Waals surface area contributed by atoms with E-state index in [-0.39, 0.29) is 11.8 Å². The number of piperidine rings is 1. The van der Waals surface area contributed by atoms with Crippen LogP contribution in [-0.2, 0) is 4.79 Å². The van der Waals surface area contributed by atoms with E-state index >= 15 is 0 Å². The molecule has 0 amide bonds. The van der Waals surface area contributed by atoms with Crippen molar-refractivity contribution in [3.63, 3.8) is 0 Å². The van der Waals surface area contributed by atoms with E-state index in [9.17, 15) is 9.18 Å². The van der Waals surface area contributed by atoms with E-state index in [1.807, 2.05) is 11.9 Å². The van der Waals surface area contributed by atoms with Crippen molar-refractivity contribution in [3.05, 3.63) is 35.7 Å². The molecule has 0 bridgehead atoms. The van der Waals surface area contributed by atoms with Gasteiger partial charge >= 0.3 is 0 Å². The topological polar surface area (TPSA) is 84.6 Å². The second-order valence-electron chi connectivity index (χ2n) is 6.77. The van der Waals surface area contributed by atoms with Gasteiger partial charge in [0.1, 0.15) is 23.9 Å². The number of carbonyl (C=O) groups excluding carboxylic acids is 1. The van der Waals surface area contributed by atoms with Gasteiger partial charge in [-0.3, -0.25) is 9.20 Å². The fraction of sp³-hybridized carbons (Fsp3) is 0.333. The molecule has 0 aliphatic carbocycles. The second-order valence-corrected chi connectivity index (χ2v) is 7.21. The number of likely N-dealkylation sites (N-methyl/N-ethyl adjacent to an activating group) is 1. The number of benzene rings is 1. The summed E-state index contributed by atoms with van der Waals surface area (Å²) in [6.07, 6.45) is 2.75. The van der Waals surface area contributed by atoms with E-state index in [1.165, 1.54) is 6.07 Å². The molecule has 4 rings (SSSR count). The summed E-state index contributed by atoms with van der Waals surface area (Å²) in [5.41, 5.74) is 1.71. The number of hydrogen-bond donors (Lipinski definition) is 1. The lowest BCUT2D eigenvalue weighted by molar-refractivity contribution is -0.120. The van der Waals surface area contributed by atoms with Crippen molar-refractivity contribution < 1.29 is 13.9 Å². The van der Waals surface area contributed by atoms with Gasteiger partial charge in [0, 0.05) is 42.2 Å². The summed E-state index contributed by atoms with van der Waals surface area (Å²) in [6, 6.07) is 4.82. The third kappa shape index (κ3) is 3.63. The Morgan fingerprint density at radius 1 is 1.36 bits per heavy atom. The molecule has 28 heavy (non-hydrogen) atoms. The van der Waals surface area contributed by atoms with Crippen molar-refractivity contribution in [3.8, 4) is 17.0 Å². The van der Waals surface area contributed by atoms with Crippen LogP contribution in [0, 0.1) is 0 Å². The van der Waals surface area contributed by atoms with Gasteiger partial charge in [-0.25, -0.2) is 9.37 Å². The number of ether oxygens (including phenoxy) is 1. The monoisotopic (exact) mass is 404 g/mol. The van der Waals surface area contributed by atoms with Crippen molar-refractivity contribution >= 4 is 29.5 Å². The van der Waals surface area contributed by atoms with Crippen LogP contribution in [0.1, 0.15) is 6.42 Å². The first-order chi connectivity index (χ1) is 13.5. The Kier molecular flexibility index (Phi) is 5.10. The second kappa shape index (κ2) is 7.69. The predicted octanol–water partition coefficient (Wildman–Crippen LogP) is 2.43. The van der Waals surface area contributed by atoms with Crippen LogP contribution in [0.2, 0.25) is 5.02 Å². The fourth-order valence-corrected chi connectivity index (χ4v) is 3.66. The van der Waals surface area contributed by atoms with E-state index in [0.29, 0.717) is 53.7 Å². The van der Waals surface area contributed by atoms with Gasteiger partial charge in [-0.05, 0) is 19.2 Å². The number of aromatic nitrogens is 4. The third-order valence-electron chi connectivity index (χ3n) is 4.64. The Bertz CT molecular complexity index is 1000. The average Bonchev–Trinajstić information content (AvgIpc) is 3.12. The normalized spacial score (nSPS) is 20.2. The summed E-state index contributed by atoms with van der Waals surface area (Å²) in [7, 11) is 1.89. The van der Waals surface area contributed by atoms with E-state index in [0.717, 1.165) is 0 Å². The fourth-order valence-electron chi connectivity index (χ4n) is 3.50. The molecule has 3 heterocycles. The Balaban J connectivity index is 1.71. The van der Waals surface area contributed by atoms with Crippen LogP contribution in [0.4, 0.5) is 10.3 Å². The number of anilines is 1. The highest BCUT2D eigenvalue weighted by molar-refractivity contribution is 6.30. The molecule has 1 aliphatic heterocycles. The van der Waals surface area contributed by atoms with Crippen molar-refractivity contribution in [2.45, 2.75) is 18.6 Å². The summed E-state index contributed by atoms with van der Waals surface area (Å²) in [5.74, 6) is 0.741. The van der Waals surface area contributed by atoms with E-state index < -0.39 is 6.17 Å². The first-order valence-electron chi connectivity index (χ1n) is 8.73. The number of fused-ring (bicyclic) bond motifs is 1. The molecule has 146 valence electrons. The number of hydrogen-bond acceptors (Lipinski definition) is 7. The van der Waals surface area contributed by atoms with Crippen molar-refractivity contribution in [2.24, 2.45) is 0 Å². The third-order valence-corrected chi connectivity index (χ3v) is 4.88. The van der Waals surface area contributed by atoms with E-state index in [1.54, 1.807) is 29.1 Å². The van der Waals surface area contributed by atoms with Crippen LogP contribution in [-0.4, -0.2) is 63.3 Å². The number of nitrogens with one attached hydrogen (secondary N) is 1. The molecule has 0 saturated carbocycles. The largest absolute Gasteiger partial charge is 0.428 e. The maximum Gasteiger partial charge on any atom is 0.298 e. The van der Waals surface area contributed by atoms with Crippen LogP contribution >= 0.6 is 11.6 Å². The maximum atomic E-state index is 13.9. The van der Waals surface area contributed by atoms with Gasteiger partial charge in [-0.1, -0.05) is 11.6 Å². The van der Waals surface area contributed by atoms with Crippen LogP contribution in [0.15, 0.2) is 30.7 Å². The Morgan fingerprint density at radius 3 is 3.00 bits per heavy atom. The number of likely N-dealkylation sites (tertiary alicyclic amines) is 1. The average molecular weight is 405 g/mol. The van der Waals surface area contributed by atoms with Crippen molar-refractivity contribution in [2.75, 3.05) is 25.5 Å². The Morgan fingerprint density at radius 2 is 2.21 bits per heavy atom. The van der Waals surface area contributed by atoms with Gasteiger partial charge in [0.05, 0.1) is 11.7 Å². The lowest BCUT2D eigenvalue weighted by Gasteiger charge is -2.32. The lowest BCUT2D eigenvalue weighted by Crippen LogP contribution is -2.45. The van der Waals surface area contributed by atoms with Crippen molar-refractivity contribution in [1.82, 2.24) is 24.5 Å². The Labute approximate surface area is 165 Å². The molecule has 1 aliphatic rings. The molecule has 2 atom stereocenters. The van der Waals surface area contributed by atoms with Crippen LogP contribution in [0.25, 0.3) is 16.8 Å². The first kappa shape index (κ1) is 18.6. The molecule has 0 unspecified atom stereocenters. The molecule has 2 aromatic heterocycles. The molecule has 8 nitrogen and oxygen atoms in total. The zero-order chi connectivity index (χ0) is 19.7. The number of carbonyl (C=O) groups is 1. The van der Waals surface area contributed by atoms with Gasteiger partial charge in [0.15, 0.2) is 0 Å². The summed E-state index contributed by atoms with van der Waals surface area (Å²) >= 11 is 6.00. The lowest BCUT2D eigenvalue weighted by atomic mass is 10.1. The molecule has 1 fully saturated rings. The number of nitrogens with zero attached hydrogens (tertiary/aromatic N) is 5. The zero-order valence-electron chi connectivity index (χ0n) is 15.0.